The first-order chi connectivity index (χ1) is 10.3. The van der Waals surface area contributed by atoms with Gasteiger partial charge in [0.15, 0.2) is 0 Å². The predicted octanol–water partition coefficient (Wildman–Crippen LogP) is 4.75. The van der Waals surface area contributed by atoms with Gasteiger partial charge in [-0.3, -0.25) is 4.57 Å². The third-order valence-electron chi connectivity index (χ3n) is 3.31. The van der Waals surface area contributed by atoms with E-state index < -0.39 is 0 Å². The van der Waals surface area contributed by atoms with Crippen molar-refractivity contribution in [3.63, 3.8) is 0 Å². The molecule has 0 radical (unpaired) electrons. The minimum atomic E-state index is 1.02. The monoisotopic (exact) mass is 403 g/mol. The zero-order valence-corrected chi connectivity index (χ0v) is 13.9. The first kappa shape index (κ1) is 13.0. The molecule has 2 heterocycles. The van der Waals surface area contributed by atoms with Crippen molar-refractivity contribution in [1.29, 1.82) is 0 Å². The van der Waals surface area contributed by atoms with Gasteiger partial charge in [-0.05, 0) is 52.9 Å². The molecule has 0 unspecified atom stereocenters. The normalized spacial score (nSPS) is 11.1. The summed E-state index contributed by atoms with van der Waals surface area (Å²) in [5.74, 6) is 0. The van der Waals surface area contributed by atoms with Crippen LogP contribution in [-0.4, -0.2) is 14.5 Å². The second-order valence-electron chi connectivity index (χ2n) is 4.64. The lowest BCUT2D eigenvalue weighted by molar-refractivity contribution is 1.09. The molecule has 0 saturated heterocycles. The van der Waals surface area contributed by atoms with Crippen LogP contribution < -0.4 is 0 Å². The standard InChI is InChI=1S/C16H10IN3S/c17-12-4-5-15-14(9-12)19-10-20(15)13-3-1-2-11(8-13)16-18-6-7-21-16/h1-10H. The predicted molar refractivity (Wildman–Crippen MR) is 94.9 cm³/mol. The Hall–Kier alpha value is -1.73. The fourth-order valence-corrected chi connectivity index (χ4v) is 3.46. The second-order valence-corrected chi connectivity index (χ2v) is 6.78. The summed E-state index contributed by atoms with van der Waals surface area (Å²) in [5, 5.41) is 3.03. The van der Waals surface area contributed by atoms with Gasteiger partial charge in [-0.2, -0.15) is 0 Å². The minimum Gasteiger partial charge on any atom is -0.299 e. The molecule has 0 aliphatic heterocycles. The number of fused-ring (bicyclic) bond motifs is 1. The maximum Gasteiger partial charge on any atom is 0.123 e. The molecule has 0 fully saturated rings. The highest BCUT2D eigenvalue weighted by molar-refractivity contribution is 14.1. The number of nitrogens with zero attached hydrogens (tertiary/aromatic N) is 3. The van der Waals surface area contributed by atoms with Crippen LogP contribution in [0.5, 0.6) is 0 Å². The van der Waals surface area contributed by atoms with Crippen molar-refractivity contribution in [2.24, 2.45) is 0 Å². The van der Waals surface area contributed by atoms with E-state index in [0.29, 0.717) is 0 Å². The van der Waals surface area contributed by atoms with Gasteiger partial charge in [0.2, 0.25) is 0 Å². The second kappa shape index (κ2) is 5.23. The van der Waals surface area contributed by atoms with Gasteiger partial charge >= 0.3 is 0 Å². The topological polar surface area (TPSA) is 30.7 Å². The summed E-state index contributed by atoms with van der Waals surface area (Å²) in [6.45, 7) is 0. The van der Waals surface area contributed by atoms with Crippen molar-refractivity contribution < 1.29 is 0 Å². The van der Waals surface area contributed by atoms with Gasteiger partial charge in [0, 0.05) is 26.4 Å². The first-order valence-corrected chi connectivity index (χ1v) is 8.40. The molecule has 5 heteroatoms. The summed E-state index contributed by atoms with van der Waals surface area (Å²) in [4.78, 5) is 8.87. The molecule has 0 aliphatic carbocycles. The van der Waals surface area contributed by atoms with Crippen LogP contribution in [0.1, 0.15) is 0 Å². The van der Waals surface area contributed by atoms with Gasteiger partial charge in [-0.25, -0.2) is 9.97 Å². The van der Waals surface area contributed by atoms with E-state index in [2.05, 4.69) is 79.6 Å². The lowest BCUT2D eigenvalue weighted by Crippen LogP contribution is -1.92. The van der Waals surface area contributed by atoms with E-state index in [9.17, 15) is 0 Å². The molecule has 102 valence electrons. The van der Waals surface area contributed by atoms with Crippen molar-refractivity contribution in [3.8, 4) is 16.3 Å². The van der Waals surface area contributed by atoms with E-state index in [1.54, 1.807) is 11.3 Å². The fourth-order valence-electron chi connectivity index (χ4n) is 2.35. The first-order valence-electron chi connectivity index (χ1n) is 6.44. The van der Waals surface area contributed by atoms with Crippen molar-refractivity contribution >= 4 is 45.0 Å². The highest BCUT2D eigenvalue weighted by Gasteiger charge is 2.07. The molecule has 2 aromatic heterocycles. The Kier molecular flexibility index (Phi) is 3.23. The van der Waals surface area contributed by atoms with Crippen LogP contribution in [0, 0.1) is 3.57 Å². The van der Waals surface area contributed by atoms with Crippen molar-refractivity contribution in [1.82, 2.24) is 14.5 Å². The smallest absolute Gasteiger partial charge is 0.123 e. The lowest BCUT2D eigenvalue weighted by Gasteiger charge is -2.06. The lowest BCUT2D eigenvalue weighted by atomic mass is 10.2. The number of aromatic nitrogens is 3. The molecule has 3 nitrogen and oxygen atoms in total. The molecule has 4 aromatic rings. The van der Waals surface area contributed by atoms with Crippen LogP contribution in [0.2, 0.25) is 0 Å². The molecule has 2 aromatic carbocycles. The number of benzene rings is 2. The Morgan fingerprint density at radius 2 is 2.00 bits per heavy atom. The van der Waals surface area contributed by atoms with Crippen LogP contribution in [0.4, 0.5) is 0 Å². The summed E-state index contributed by atoms with van der Waals surface area (Å²) in [7, 11) is 0. The number of hydrogen-bond donors (Lipinski definition) is 0. The maximum absolute atomic E-state index is 4.49. The average molecular weight is 403 g/mol. The number of imidazole rings is 1. The van der Waals surface area contributed by atoms with Gasteiger partial charge in [-0.1, -0.05) is 12.1 Å². The number of thiazole rings is 1. The molecule has 0 spiro atoms. The summed E-state index contributed by atoms with van der Waals surface area (Å²) in [6, 6.07) is 14.7. The minimum absolute atomic E-state index is 1.02. The molecular weight excluding hydrogens is 393 g/mol. The van der Waals surface area contributed by atoms with Gasteiger partial charge in [0.25, 0.3) is 0 Å². The van der Waals surface area contributed by atoms with Crippen molar-refractivity contribution in [2.75, 3.05) is 0 Å². The van der Waals surface area contributed by atoms with E-state index >= 15 is 0 Å². The van der Waals surface area contributed by atoms with Gasteiger partial charge in [0.1, 0.15) is 11.3 Å². The maximum atomic E-state index is 4.49. The SMILES string of the molecule is Ic1ccc2c(c1)ncn2-c1cccc(-c2nccs2)c1. The van der Waals surface area contributed by atoms with E-state index in [1.807, 2.05) is 17.9 Å². The van der Waals surface area contributed by atoms with Gasteiger partial charge < -0.3 is 0 Å². The van der Waals surface area contributed by atoms with E-state index in [-0.39, 0.29) is 0 Å². The highest BCUT2D eigenvalue weighted by atomic mass is 127. The summed E-state index contributed by atoms with van der Waals surface area (Å²) >= 11 is 3.96. The fraction of sp³-hybridized carbons (Fsp3) is 0. The number of rotatable bonds is 2. The zero-order chi connectivity index (χ0) is 14.2. The Labute approximate surface area is 139 Å². The third-order valence-corrected chi connectivity index (χ3v) is 4.81. The molecule has 0 aliphatic rings. The third kappa shape index (κ3) is 2.36. The quantitative estimate of drug-likeness (QED) is 0.452. The van der Waals surface area contributed by atoms with Crippen LogP contribution in [0.15, 0.2) is 60.4 Å². The largest absolute Gasteiger partial charge is 0.299 e. The number of halogens is 1. The van der Waals surface area contributed by atoms with Crippen LogP contribution >= 0.6 is 33.9 Å². The van der Waals surface area contributed by atoms with Crippen molar-refractivity contribution in [3.05, 3.63) is 63.9 Å². The molecule has 0 bridgehead atoms. The average Bonchev–Trinajstić information content (AvgIpc) is 3.16. The Morgan fingerprint density at radius 1 is 1.05 bits per heavy atom. The molecule has 21 heavy (non-hydrogen) atoms. The zero-order valence-electron chi connectivity index (χ0n) is 10.9. The highest BCUT2D eigenvalue weighted by Crippen LogP contribution is 2.26. The molecule has 0 atom stereocenters. The molecule has 0 amide bonds. The molecule has 4 rings (SSSR count). The Balaban J connectivity index is 1.87. The van der Waals surface area contributed by atoms with E-state index in [0.717, 1.165) is 27.3 Å². The summed E-state index contributed by atoms with van der Waals surface area (Å²) < 4.78 is 3.31. The van der Waals surface area contributed by atoms with Gasteiger partial charge in [-0.15, -0.1) is 11.3 Å². The molecule has 0 N–H and O–H groups in total. The van der Waals surface area contributed by atoms with Gasteiger partial charge in [0.05, 0.1) is 11.0 Å². The molecular formula is C16H10IN3S. The van der Waals surface area contributed by atoms with Crippen LogP contribution in [0.3, 0.4) is 0 Å². The van der Waals surface area contributed by atoms with Crippen LogP contribution in [0.25, 0.3) is 27.3 Å². The Bertz CT molecular complexity index is 912. The molecule has 0 saturated carbocycles. The van der Waals surface area contributed by atoms with Crippen LogP contribution in [-0.2, 0) is 0 Å². The summed E-state index contributed by atoms with van der Waals surface area (Å²) in [5.41, 5.74) is 4.37. The summed E-state index contributed by atoms with van der Waals surface area (Å²) in [6.07, 6.45) is 3.71. The van der Waals surface area contributed by atoms with Crippen molar-refractivity contribution in [2.45, 2.75) is 0 Å². The van der Waals surface area contributed by atoms with E-state index in [4.69, 9.17) is 0 Å². The Morgan fingerprint density at radius 3 is 2.86 bits per heavy atom. The number of hydrogen-bond acceptors (Lipinski definition) is 3. The van der Waals surface area contributed by atoms with E-state index in [1.165, 1.54) is 3.57 Å².